The molecule has 4 nitrogen and oxygen atoms in total. The Bertz CT molecular complexity index is 491. The molecule has 124 valence electrons. The zero-order valence-electron chi connectivity index (χ0n) is 13.6. The van der Waals surface area contributed by atoms with Crippen molar-refractivity contribution in [1.29, 1.82) is 0 Å². The molecule has 0 aliphatic carbocycles. The Hall–Kier alpha value is -1.26. The fourth-order valence-corrected chi connectivity index (χ4v) is 2.79. The Kier molecular flexibility index (Phi) is 7.17. The summed E-state index contributed by atoms with van der Waals surface area (Å²) in [5, 5.41) is 3.30. The molecule has 1 atom stereocenters. The van der Waals surface area contributed by atoms with Gasteiger partial charge in [0.05, 0.1) is 13.5 Å². The van der Waals surface area contributed by atoms with E-state index in [0.29, 0.717) is 18.9 Å². The van der Waals surface area contributed by atoms with Crippen LogP contribution in [0, 0.1) is 5.92 Å². The minimum Gasteiger partial charge on any atom is -0.487 e. The second kappa shape index (κ2) is 8.39. The van der Waals surface area contributed by atoms with Crippen LogP contribution >= 0.6 is 12.4 Å². The zero-order chi connectivity index (χ0) is 15.3. The summed E-state index contributed by atoms with van der Waals surface area (Å²) in [6.45, 7) is 5.86. The summed E-state index contributed by atoms with van der Waals surface area (Å²) in [6, 6.07) is 8.26. The molecule has 1 aromatic rings. The van der Waals surface area contributed by atoms with Gasteiger partial charge in [-0.15, -0.1) is 12.4 Å². The molecule has 0 saturated heterocycles. The highest BCUT2D eigenvalue weighted by molar-refractivity contribution is 5.85. The van der Waals surface area contributed by atoms with Crippen molar-refractivity contribution in [1.82, 2.24) is 5.32 Å². The third-order valence-electron chi connectivity index (χ3n) is 4.20. The van der Waals surface area contributed by atoms with Gasteiger partial charge in [0.1, 0.15) is 11.4 Å². The number of halogens is 1. The maximum absolute atomic E-state index is 11.0. The minimum atomic E-state index is -0.169. The molecule has 1 aliphatic heterocycles. The van der Waals surface area contributed by atoms with Gasteiger partial charge in [0.2, 0.25) is 0 Å². The fourth-order valence-electron chi connectivity index (χ4n) is 2.79. The van der Waals surface area contributed by atoms with Crippen molar-refractivity contribution in [3.05, 3.63) is 29.8 Å². The van der Waals surface area contributed by atoms with Crippen LogP contribution in [0.1, 0.15) is 32.3 Å². The first-order valence-corrected chi connectivity index (χ1v) is 7.57. The van der Waals surface area contributed by atoms with E-state index in [4.69, 9.17) is 4.74 Å². The third kappa shape index (κ3) is 4.89. The molecule has 22 heavy (non-hydrogen) atoms. The highest BCUT2D eigenvalue weighted by Gasteiger charge is 2.36. The van der Waals surface area contributed by atoms with E-state index in [9.17, 15) is 4.79 Å². The summed E-state index contributed by atoms with van der Waals surface area (Å²) in [5.74, 6) is 1.31. The number of methoxy groups -OCH3 is 1. The number of para-hydroxylation sites is 1. The van der Waals surface area contributed by atoms with Gasteiger partial charge in [0.15, 0.2) is 0 Å². The van der Waals surface area contributed by atoms with Crippen molar-refractivity contribution >= 4 is 18.4 Å². The predicted molar refractivity (Wildman–Crippen MR) is 89.7 cm³/mol. The Morgan fingerprint density at radius 3 is 2.82 bits per heavy atom. The molecule has 0 radical (unpaired) electrons. The largest absolute Gasteiger partial charge is 0.487 e. The van der Waals surface area contributed by atoms with E-state index in [-0.39, 0.29) is 24.0 Å². The first kappa shape index (κ1) is 18.8. The first-order valence-electron chi connectivity index (χ1n) is 7.57. The quantitative estimate of drug-likeness (QED) is 0.644. The number of hydrogen-bond acceptors (Lipinski definition) is 4. The van der Waals surface area contributed by atoms with Gasteiger partial charge < -0.3 is 14.8 Å². The average molecular weight is 328 g/mol. The van der Waals surface area contributed by atoms with Gasteiger partial charge in [-0.2, -0.15) is 0 Å². The molecule has 0 spiro atoms. The Balaban J connectivity index is 0.00000242. The minimum absolute atomic E-state index is 0. The van der Waals surface area contributed by atoms with Gasteiger partial charge >= 0.3 is 5.97 Å². The van der Waals surface area contributed by atoms with Gasteiger partial charge in [0.25, 0.3) is 0 Å². The summed E-state index contributed by atoms with van der Waals surface area (Å²) in [7, 11) is 1.42. The Morgan fingerprint density at radius 2 is 2.09 bits per heavy atom. The Morgan fingerprint density at radius 1 is 1.36 bits per heavy atom. The number of carbonyl (C=O) groups is 1. The molecule has 0 amide bonds. The van der Waals surface area contributed by atoms with E-state index in [0.717, 1.165) is 25.1 Å². The summed E-state index contributed by atoms with van der Waals surface area (Å²) >= 11 is 0. The second-order valence-corrected chi connectivity index (χ2v) is 6.08. The normalized spacial score (nSPS) is 18.6. The first-order chi connectivity index (χ1) is 10.0. The van der Waals surface area contributed by atoms with E-state index in [2.05, 4.69) is 36.0 Å². The molecule has 2 rings (SSSR count). The van der Waals surface area contributed by atoms with E-state index < -0.39 is 0 Å². The number of fused-ring (bicyclic) bond motifs is 1. The van der Waals surface area contributed by atoms with Crippen LogP contribution in [0.15, 0.2) is 24.3 Å². The van der Waals surface area contributed by atoms with Crippen LogP contribution in [0.4, 0.5) is 0 Å². The molecule has 0 fully saturated rings. The molecule has 0 saturated carbocycles. The smallest absolute Gasteiger partial charge is 0.306 e. The lowest BCUT2D eigenvalue weighted by Crippen LogP contribution is -2.43. The molecule has 1 heterocycles. The van der Waals surface area contributed by atoms with Crippen LogP contribution in [0.3, 0.4) is 0 Å². The molecule has 1 N–H and O–H groups in total. The molecular formula is C17H26ClNO3. The van der Waals surface area contributed by atoms with Crippen molar-refractivity contribution in [2.24, 2.45) is 5.92 Å². The van der Waals surface area contributed by atoms with E-state index in [1.54, 1.807) is 0 Å². The van der Waals surface area contributed by atoms with Crippen LogP contribution < -0.4 is 10.1 Å². The number of rotatable bonds is 6. The maximum atomic E-state index is 11.0. The summed E-state index contributed by atoms with van der Waals surface area (Å²) < 4.78 is 10.8. The maximum Gasteiger partial charge on any atom is 0.306 e. The van der Waals surface area contributed by atoms with Gasteiger partial charge in [-0.05, 0) is 44.9 Å². The summed E-state index contributed by atoms with van der Waals surface area (Å²) in [6.07, 6.45) is 2.49. The lowest BCUT2D eigenvalue weighted by Gasteiger charge is -2.40. The van der Waals surface area contributed by atoms with Crippen molar-refractivity contribution in [3.63, 3.8) is 0 Å². The highest BCUT2D eigenvalue weighted by Crippen LogP contribution is 2.38. The van der Waals surface area contributed by atoms with Crippen LogP contribution in [-0.2, 0) is 16.0 Å². The van der Waals surface area contributed by atoms with E-state index in [1.165, 1.54) is 12.7 Å². The van der Waals surface area contributed by atoms with E-state index >= 15 is 0 Å². The molecule has 1 aromatic carbocycles. The molecule has 5 heteroatoms. The topological polar surface area (TPSA) is 47.6 Å². The van der Waals surface area contributed by atoms with E-state index in [1.807, 2.05) is 12.1 Å². The SMILES string of the molecule is COC(=O)CCNCCC1Cc2ccccc2OC1(C)C.Cl. The lowest BCUT2D eigenvalue weighted by molar-refractivity contribution is -0.140. The lowest BCUT2D eigenvalue weighted by atomic mass is 9.80. The van der Waals surface area contributed by atoms with Crippen LogP contribution in [0.5, 0.6) is 5.75 Å². The van der Waals surface area contributed by atoms with Crippen molar-refractivity contribution < 1.29 is 14.3 Å². The van der Waals surface area contributed by atoms with Crippen LogP contribution in [-0.4, -0.2) is 31.8 Å². The van der Waals surface area contributed by atoms with Crippen molar-refractivity contribution in [2.45, 2.75) is 38.7 Å². The number of esters is 1. The molecule has 0 aromatic heterocycles. The molecular weight excluding hydrogens is 302 g/mol. The van der Waals surface area contributed by atoms with Gasteiger partial charge in [-0.3, -0.25) is 4.79 Å². The van der Waals surface area contributed by atoms with Gasteiger partial charge in [-0.1, -0.05) is 18.2 Å². The molecule has 1 aliphatic rings. The zero-order valence-corrected chi connectivity index (χ0v) is 14.4. The predicted octanol–water partition coefficient (Wildman–Crippen LogP) is 2.98. The van der Waals surface area contributed by atoms with Crippen LogP contribution in [0.2, 0.25) is 0 Å². The second-order valence-electron chi connectivity index (χ2n) is 6.08. The number of nitrogens with one attached hydrogen (secondary N) is 1. The Labute approximate surface area is 139 Å². The van der Waals surface area contributed by atoms with Gasteiger partial charge in [-0.25, -0.2) is 0 Å². The van der Waals surface area contributed by atoms with Crippen LogP contribution in [0.25, 0.3) is 0 Å². The van der Waals surface area contributed by atoms with Crippen molar-refractivity contribution in [2.75, 3.05) is 20.2 Å². The summed E-state index contributed by atoms with van der Waals surface area (Å²) in [4.78, 5) is 11.0. The highest BCUT2D eigenvalue weighted by atomic mass is 35.5. The van der Waals surface area contributed by atoms with Crippen molar-refractivity contribution in [3.8, 4) is 5.75 Å². The number of hydrogen-bond donors (Lipinski definition) is 1. The number of benzene rings is 1. The fraction of sp³-hybridized carbons (Fsp3) is 0.588. The standard InChI is InChI=1S/C17H25NO3.ClH/c1-17(2)14(8-10-18-11-9-16(19)20-3)12-13-6-4-5-7-15(13)21-17;/h4-7,14,18H,8-12H2,1-3H3;1H. The number of ether oxygens (including phenoxy) is 2. The molecule has 1 unspecified atom stereocenters. The third-order valence-corrected chi connectivity index (χ3v) is 4.20. The van der Waals surface area contributed by atoms with Gasteiger partial charge in [0, 0.05) is 12.5 Å². The molecule has 0 bridgehead atoms. The monoisotopic (exact) mass is 327 g/mol. The summed E-state index contributed by atoms with van der Waals surface area (Å²) in [5.41, 5.74) is 1.13. The number of carbonyl (C=O) groups excluding carboxylic acids is 1. The average Bonchev–Trinajstić information content (AvgIpc) is 2.46.